The summed E-state index contributed by atoms with van der Waals surface area (Å²) >= 11 is 9.13. The first-order valence-corrected chi connectivity index (χ1v) is 7.12. The molecule has 0 aromatic heterocycles. The molecule has 0 N–H and O–H groups in total. The van der Waals surface area contributed by atoms with E-state index in [0.717, 1.165) is 25.0 Å². The minimum Gasteiger partial charge on any atom is -0.298 e. The molecule has 1 unspecified atom stereocenters. The van der Waals surface area contributed by atoms with E-state index >= 15 is 0 Å². The average Bonchev–Trinajstić information content (AvgIpc) is 3.13. The van der Waals surface area contributed by atoms with Gasteiger partial charge in [0, 0.05) is 10.9 Å². The molecule has 0 saturated heterocycles. The van der Waals surface area contributed by atoms with Gasteiger partial charge in [0.25, 0.3) is 0 Å². The van der Waals surface area contributed by atoms with E-state index in [-0.39, 0.29) is 21.6 Å². The Morgan fingerprint density at radius 2 is 2.05 bits per heavy atom. The van der Waals surface area contributed by atoms with E-state index in [0.29, 0.717) is 12.0 Å². The Morgan fingerprint density at radius 3 is 2.53 bits per heavy atom. The lowest BCUT2D eigenvalue weighted by molar-refractivity contribution is -0.137. The van der Waals surface area contributed by atoms with Gasteiger partial charge in [0.05, 0.1) is 10.4 Å². The second-order valence-corrected chi connectivity index (χ2v) is 6.16. The lowest BCUT2D eigenvalue weighted by Crippen LogP contribution is -2.18. The van der Waals surface area contributed by atoms with E-state index < -0.39 is 11.7 Å². The van der Waals surface area contributed by atoms with Crippen molar-refractivity contribution in [1.82, 2.24) is 0 Å². The van der Waals surface area contributed by atoms with Gasteiger partial charge in [-0.25, -0.2) is 0 Å². The van der Waals surface area contributed by atoms with Crippen LogP contribution in [0.4, 0.5) is 13.2 Å². The molecule has 0 spiro atoms. The Morgan fingerprint density at radius 1 is 1.42 bits per heavy atom. The second kappa shape index (κ2) is 5.44. The maximum absolute atomic E-state index is 12.5. The Bertz CT molecular complexity index is 497. The summed E-state index contributed by atoms with van der Waals surface area (Å²) < 4.78 is 37.4. The Hall–Kier alpha value is -0.550. The van der Waals surface area contributed by atoms with Gasteiger partial charge >= 0.3 is 6.18 Å². The van der Waals surface area contributed by atoms with Crippen LogP contribution >= 0.6 is 27.5 Å². The summed E-state index contributed by atoms with van der Waals surface area (Å²) in [5.41, 5.74) is -0.230. The molecule has 0 bridgehead atoms. The van der Waals surface area contributed by atoms with Crippen LogP contribution in [-0.2, 0) is 17.4 Å². The summed E-state index contributed by atoms with van der Waals surface area (Å²) in [6.07, 6.45) is -2.28. The molecule has 104 valence electrons. The van der Waals surface area contributed by atoms with Gasteiger partial charge < -0.3 is 0 Å². The fraction of sp³-hybridized carbons (Fsp3) is 0.462. The van der Waals surface area contributed by atoms with Crippen LogP contribution < -0.4 is 0 Å². The maximum Gasteiger partial charge on any atom is 0.416 e. The average molecular weight is 356 g/mol. The van der Waals surface area contributed by atoms with Crippen molar-refractivity contribution in [2.24, 2.45) is 5.92 Å². The van der Waals surface area contributed by atoms with Crippen LogP contribution in [0.3, 0.4) is 0 Å². The van der Waals surface area contributed by atoms with Crippen LogP contribution in [-0.4, -0.2) is 10.6 Å². The zero-order valence-electron chi connectivity index (χ0n) is 9.81. The van der Waals surface area contributed by atoms with E-state index in [1.807, 2.05) is 0 Å². The number of halogens is 5. The second-order valence-electron chi connectivity index (χ2n) is 4.65. The topological polar surface area (TPSA) is 17.1 Å². The van der Waals surface area contributed by atoms with Crippen LogP contribution in [0.1, 0.15) is 24.0 Å². The SMILES string of the molecule is O=C(C(Br)Cc1ccc(C(F)(F)F)cc1Cl)C1CC1. The van der Waals surface area contributed by atoms with Crippen LogP contribution in [0.2, 0.25) is 5.02 Å². The highest BCUT2D eigenvalue weighted by Gasteiger charge is 2.34. The lowest BCUT2D eigenvalue weighted by atomic mass is 10.0. The van der Waals surface area contributed by atoms with Gasteiger partial charge in [-0.3, -0.25) is 4.79 Å². The molecule has 1 aliphatic carbocycles. The van der Waals surface area contributed by atoms with Gasteiger partial charge in [0.15, 0.2) is 0 Å². The van der Waals surface area contributed by atoms with Crippen LogP contribution in [0.5, 0.6) is 0 Å². The number of rotatable bonds is 4. The van der Waals surface area contributed by atoms with Gasteiger partial charge in [0.2, 0.25) is 0 Å². The van der Waals surface area contributed by atoms with Crippen LogP contribution in [0.25, 0.3) is 0 Å². The van der Waals surface area contributed by atoms with Crippen molar-refractivity contribution in [2.75, 3.05) is 0 Å². The van der Waals surface area contributed by atoms with Crippen molar-refractivity contribution >= 4 is 33.3 Å². The molecule has 0 aliphatic heterocycles. The predicted octanol–water partition coefficient (Wildman–Crippen LogP) is 4.64. The largest absolute Gasteiger partial charge is 0.416 e. The van der Waals surface area contributed by atoms with Crippen molar-refractivity contribution in [3.05, 3.63) is 34.3 Å². The maximum atomic E-state index is 12.5. The molecule has 6 heteroatoms. The predicted molar refractivity (Wildman–Crippen MR) is 70.6 cm³/mol. The number of carbonyl (C=O) groups excluding carboxylic acids is 1. The molecule has 1 saturated carbocycles. The smallest absolute Gasteiger partial charge is 0.298 e. The molecular weight excluding hydrogens is 344 g/mol. The number of Topliss-reactive ketones (excluding diaryl/α,β-unsaturated/α-hetero) is 1. The van der Waals surface area contributed by atoms with E-state index in [2.05, 4.69) is 15.9 Å². The van der Waals surface area contributed by atoms with Gasteiger partial charge in [-0.05, 0) is 37.0 Å². The van der Waals surface area contributed by atoms with Gasteiger partial charge in [0.1, 0.15) is 5.78 Å². The minimum absolute atomic E-state index is 0.0443. The highest BCUT2D eigenvalue weighted by atomic mass is 79.9. The van der Waals surface area contributed by atoms with Gasteiger partial charge in [-0.2, -0.15) is 13.2 Å². The van der Waals surface area contributed by atoms with E-state index in [1.54, 1.807) is 0 Å². The molecule has 0 amide bonds. The van der Waals surface area contributed by atoms with Crippen molar-refractivity contribution in [2.45, 2.75) is 30.3 Å². The van der Waals surface area contributed by atoms with E-state index in [9.17, 15) is 18.0 Å². The molecule has 19 heavy (non-hydrogen) atoms. The van der Waals surface area contributed by atoms with Crippen LogP contribution in [0, 0.1) is 5.92 Å². The summed E-state index contributed by atoms with van der Waals surface area (Å²) in [5, 5.41) is 0.0443. The monoisotopic (exact) mass is 354 g/mol. The third kappa shape index (κ3) is 3.72. The van der Waals surface area contributed by atoms with Gasteiger partial charge in [-0.1, -0.05) is 33.6 Å². The normalized spacial score (nSPS) is 17.3. The number of hydrogen-bond acceptors (Lipinski definition) is 1. The minimum atomic E-state index is -4.40. The molecule has 1 aromatic rings. The van der Waals surface area contributed by atoms with E-state index in [1.165, 1.54) is 6.07 Å². The number of ketones is 1. The van der Waals surface area contributed by atoms with Crippen molar-refractivity contribution < 1.29 is 18.0 Å². The number of hydrogen-bond donors (Lipinski definition) is 0. The summed E-state index contributed by atoms with van der Waals surface area (Å²) in [6, 6.07) is 3.22. The molecule has 1 atom stereocenters. The molecule has 2 rings (SSSR count). The summed E-state index contributed by atoms with van der Waals surface area (Å²) in [7, 11) is 0. The fourth-order valence-corrected chi connectivity index (χ4v) is 2.79. The molecule has 1 nitrogen and oxygen atoms in total. The third-order valence-electron chi connectivity index (χ3n) is 3.07. The number of alkyl halides is 4. The van der Waals surface area contributed by atoms with Crippen molar-refractivity contribution in [3.63, 3.8) is 0 Å². The molecule has 0 heterocycles. The van der Waals surface area contributed by atoms with Crippen molar-refractivity contribution in [3.8, 4) is 0 Å². The van der Waals surface area contributed by atoms with Crippen molar-refractivity contribution in [1.29, 1.82) is 0 Å². The molecule has 1 fully saturated rings. The number of benzene rings is 1. The standard InChI is InChI=1S/C13H11BrClF3O/c14-10(12(19)7-1-2-7)5-8-3-4-9(6-11(8)15)13(16,17)18/h3-4,6-7,10H,1-2,5H2. The molecule has 1 aromatic carbocycles. The molecule has 0 radical (unpaired) electrons. The first-order valence-electron chi connectivity index (χ1n) is 5.82. The zero-order chi connectivity index (χ0) is 14.2. The lowest BCUT2D eigenvalue weighted by Gasteiger charge is -2.12. The first kappa shape index (κ1) is 14.9. The molecular formula is C13H11BrClF3O. The fourth-order valence-electron chi connectivity index (χ4n) is 1.81. The number of carbonyl (C=O) groups is 1. The Balaban J connectivity index is 2.10. The van der Waals surface area contributed by atoms with Gasteiger partial charge in [-0.15, -0.1) is 0 Å². The Labute approximate surface area is 122 Å². The molecule has 1 aliphatic rings. The quantitative estimate of drug-likeness (QED) is 0.719. The third-order valence-corrected chi connectivity index (χ3v) is 4.19. The zero-order valence-corrected chi connectivity index (χ0v) is 12.1. The highest BCUT2D eigenvalue weighted by molar-refractivity contribution is 9.10. The summed E-state index contributed by atoms with van der Waals surface area (Å²) in [6.45, 7) is 0. The highest BCUT2D eigenvalue weighted by Crippen LogP contribution is 2.35. The summed E-state index contributed by atoms with van der Waals surface area (Å²) in [5.74, 6) is 0.216. The Kier molecular flexibility index (Phi) is 4.26. The van der Waals surface area contributed by atoms with Crippen LogP contribution in [0.15, 0.2) is 18.2 Å². The van der Waals surface area contributed by atoms with E-state index in [4.69, 9.17) is 11.6 Å². The summed E-state index contributed by atoms with van der Waals surface area (Å²) in [4.78, 5) is 11.4. The first-order chi connectivity index (χ1) is 8.79.